The average molecular weight is 311 g/mol. The van der Waals surface area contributed by atoms with Crippen LogP contribution in [0, 0.1) is 5.82 Å². The van der Waals surface area contributed by atoms with Gasteiger partial charge in [0.05, 0.1) is 5.92 Å². The first-order valence-electron chi connectivity index (χ1n) is 7.04. The Balaban J connectivity index is 1.81. The van der Waals surface area contributed by atoms with Gasteiger partial charge in [-0.3, -0.25) is 10.1 Å². The zero-order valence-corrected chi connectivity index (χ0v) is 12.3. The summed E-state index contributed by atoms with van der Waals surface area (Å²) >= 11 is 0. The van der Waals surface area contributed by atoms with Crippen LogP contribution in [-0.4, -0.2) is 26.5 Å². The third kappa shape index (κ3) is 3.23. The number of nitrogens with zero attached hydrogens (tertiary/aromatic N) is 3. The molecule has 1 heterocycles. The number of carbonyl (C=O) groups is 1. The summed E-state index contributed by atoms with van der Waals surface area (Å²) in [6.45, 7) is 1.69. The van der Waals surface area contributed by atoms with Gasteiger partial charge in [0.2, 0.25) is 5.91 Å². The van der Waals surface area contributed by atoms with E-state index in [4.69, 9.17) is 0 Å². The van der Waals surface area contributed by atoms with Crippen molar-refractivity contribution < 1.29 is 9.18 Å². The summed E-state index contributed by atoms with van der Waals surface area (Å²) in [5.74, 6) is -1.16. The van der Waals surface area contributed by atoms with E-state index in [1.807, 2.05) is 30.3 Å². The van der Waals surface area contributed by atoms with Crippen molar-refractivity contribution in [1.29, 1.82) is 0 Å². The fourth-order valence-electron chi connectivity index (χ4n) is 2.24. The minimum absolute atomic E-state index is 0.0863. The number of hydrogen-bond acceptors (Lipinski definition) is 4. The molecule has 0 aliphatic rings. The normalized spacial score (nSPS) is 11.9. The number of hydrogen-bond donors (Lipinski definition) is 2. The lowest BCUT2D eigenvalue weighted by Crippen LogP contribution is -2.19. The summed E-state index contributed by atoms with van der Waals surface area (Å²) in [6.07, 6.45) is 0. The molecular weight excluding hydrogens is 297 g/mol. The molecule has 3 rings (SSSR count). The Labute approximate surface area is 131 Å². The first-order valence-corrected chi connectivity index (χ1v) is 7.04. The van der Waals surface area contributed by atoms with Gasteiger partial charge in [0, 0.05) is 5.56 Å². The third-order valence-electron chi connectivity index (χ3n) is 3.55. The van der Waals surface area contributed by atoms with Gasteiger partial charge in [-0.1, -0.05) is 47.6 Å². The number of H-pyrrole nitrogens is 1. The molecule has 7 heteroatoms. The quantitative estimate of drug-likeness (QED) is 0.776. The Morgan fingerprint density at radius 1 is 1.22 bits per heavy atom. The van der Waals surface area contributed by atoms with Gasteiger partial charge in [-0.05, 0) is 29.3 Å². The molecule has 0 radical (unpaired) electrons. The molecule has 0 saturated heterocycles. The molecule has 2 N–H and O–H groups in total. The van der Waals surface area contributed by atoms with Crippen molar-refractivity contribution in [3.8, 4) is 11.1 Å². The highest BCUT2D eigenvalue weighted by atomic mass is 19.1. The highest BCUT2D eigenvalue weighted by Crippen LogP contribution is 2.26. The van der Waals surface area contributed by atoms with Crippen molar-refractivity contribution in [3.05, 3.63) is 59.9 Å². The van der Waals surface area contributed by atoms with E-state index < -0.39 is 5.92 Å². The van der Waals surface area contributed by atoms with Crippen LogP contribution in [0.3, 0.4) is 0 Å². The lowest BCUT2D eigenvalue weighted by molar-refractivity contribution is -0.117. The van der Waals surface area contributed by atoms with Crippen molar-refractivity contribution in [2.75, 3.05) is 5.32 Å². The van der Waals surface area contributed by atoms with E-state index in [2.05, 4.69) is 25.9 Å². The second-order valence-electron chi connectivity index (χ2n) is 5.05. The largest absolute Gasteiger partial charge is 0.291 e. The first-order chi connectivity index (χ1) is 11.1. The maximum absolute atomic E-state index is 14.4. The number of anilines is 1. The standard InChI is InChI=1S/C16H14FN5O/c1-10(15(23)18-16-19-21-22-20-16)12-7-8-13(14(17)9-12)11-5-3-2-4-6-11/h2-10H,1H3,(H2,18,19,20,21,22,23)/t10-/m0/s1. The number of carbonyl (C=O) groups excluding carboxylic acids is 1. The van der Waals surface area contributed by atoms with Crippen molar-refractivity contribution in [1.82, 2.24) is 20.6 Å². The maximum Gasteiger partial charge on any atom is 0.269 e. The summed E-state index contributed by atoms with van der Waals surface area (Å²) in [7, 11) is 0. The van der Waals surface area contributed by atoms with Crippen LogP contribution < -0.4 is 5.32 Å². The van der Waals surface area contributed by atoms with Crippen molar-refractivity contribution >= 4 is 11.9 Å². The second-order valence-corrected chi connectivity index (χ2v) is 5.05. The van der Waals surface area contributed by atoms with Gasteiger partial charge in [-0.25, -0.2) is 4.39 Å². The Kier molecular flexibility index (Phi) is 4.09. The van der Waals surface area contributed by atoms with Crippen LogP contribution >= 0.6 is 0 Å². The minimum Gasteiger partial charge on any atom is -0.291 e. The topological polar surface area (TPSA) is 83.6 Å². The van der Waals surface area contributed by atoms with Crippen LogP contribution in [0.15, 0.2) is 48.5 Å². The van der Waals surface area contributed by atoms with Crippen LogP contribution in [-0.2, 0) is 4.79 Å². The smallest absolute Gasteiger partial charge is 0.269 e. The van der Waals surface area contributed by atoms with Crippen LogP contribution in [0.1, 0.15) is 18.4 Å². The molecule has 3 aromatic rings. The van der Waals surface area contributed by atoms with E-state index >= 15 is 0 Å². The monoisotopic (exact) mass is 311 g/mol. The second kappa shape index (κ2) is 6.35. The SMILES string of the molecule is C[C@H](C(=O)Nc1nn[nH]n1)c1ccc(-c2ccccc2)c(F)c1. The van der Waals surface area contributed by atoms with Gasteiger partial charge >= 0.3 is 0 Å². The molecule has 0 spiro atoms. The molecule has 0 aliphatic heterocycles. The van der Waals surface area contributed by atoms with Gasteiger partial charge < -0.3 is 0 Å². The van der Waals surface area contributed by atoms with E-state index in [9.17, 15) is 9.18 Å². The number of tetrazole rings is 1. The van der Waals surface area contributed by atoms with Crippen LogP contribution in [0.5, 0.6) is 0 Å². The molecule has 1 atom stereocenters. The molecule has 2 aromatic carbocycles. The van der Waals surface area contributed by atoms with Gasteiger partial charge in [0.15, 0.2) is 0 Å². The van der Waals surface area contributed by atoms with Gasteiger partial charge in [-0.2, -0.15) is 5.21 Å². The van der Waals surface area contributed by atoms with E-state index in [-0.39, 0.29) is 17.7 Å². The lowest BCUT2D eigenvalue weighted by atomic mass is 9.96. The predicted molar refractivity (Wildman–Crippen MR) is 83.1 cm³/mol. The molecule has 1 aromatic heterocycles. The molecule has 23 heavy (non-hydrogen) atoms. The number of aromatic nitrogens is 4. The molecule has 1 amide bonds. The fourth-order valence-corrected chi connectivity index (χ4v) is 2.24. The molecule has 0 saturated carbocycles. The summed E-state index contributed by atoms with van der Waals surface area (Å²) in [5.41, 5.74) is 1.86. The van der Waals surface area contributed by atoms with Crippen molar-refractivity contribution in [3.63, 3.8) is 0 Å². The molecule has 0 bridgehead atoms. The van der Waals surface area contributed by atoms with Crippen molar-refractivity contribution in [2.24, 2.45) is 0 Å². The van der Waals surface area contributed by atoms with Gasteiger partial charge in [-0.15, -0.1) is 5.10 Å². The number of benzene rings is 2. The molecule has 0 aliphatic carbocycles. The highest BCUT2D eigenvalue weighted by molar-refractivity contribution is 5.94. The molecule has 0 fully saturated rings. The molecule has 116 valence electrons. The van der Waals surface area contributed by atoms with Crippen LogP contribution in [0.4, 0.5) is 10.3 Å². The number of nitrogens with one attached hydrogen (secondary N) is 2. The zero-order chi connectivity index (χ0) is 16.2. The molecular formula is C16H14FN5O. The van der Waals surface area contributed by atoms with Gasteiger partial charge in [0.1, 0.15) is 5.82 Å². The van der Waals surface area contributed by atoms with E-state index in [0.29, 0.717) is 11.1 Å². The van der Waals surface area contributed by atoms with Crippen LogP contribution in [0.2, 0.25) is 0 Å². The Morgan fingerprint density at radius 3 is 2.65 bits per heavy atom. The summed E-state index contributed by atoms with van der Waals surface area (Å²) < 4.78 is 14.4. The number of aromatic amines is 1. The fraction of sp³-hybridized carbons (Fsp3) is 0.125. The van der Waals surface area contributed by atoms with Gasteiger partial charge in [0.25, 0.3) is 5.95 Å². The summed E-state index contributed by atoms with van der Waals surface area (Å²) in [6, 6.07) is 14.1. The third-order valence-corrected chi connectivity index (χ3v) is 3.55. The van der Waals surface area contributed by atoms with E-state index in [0.717, 1.165) is 5.56 Å². The Morgan fingerprint density at radius 2 is 2.00 bits per heavy atom. The summed E-state index contributed by atoms with van der Waals surface area (Å²) in [5, 5.41) is 15.4. The zero-order valence-electron chi connectivity index (χ0n) is 12.3. The number of amides is 1. The molecule has 0 unspecified atom stereocenters. The Hall–Kier alpha value is -3.09. The number of halogens is 1. The van der Waals surface area contributed by atoms with Crippen LogP contribution in [0.25, 0.3) is 11.1 Å². The maximum atomic E-state index is 14.4. The van der Waals surface area contributed by atoms with E-state index in [1.54, 1.807) is 19.1 Å². The minimum atomic E-state index is -0.548. The van der Waals surface area contributed by atoms with Crippen molar-refractivity contribution in [2.45, 2.75) is 12.8 Å². The number of rotatable bonds is 4. The lowest BCUT2D eigenvalue weighted by Gasteiger charge is -2.12. The summed E-state index contributed by atoms with van der Waals surface area (Å²) in [4.78, 5) is 12.1. The van der Waals surface area contributed by atoms with E-state index in [1.165, 1.54) is 6.07 Å². The first kappa shape index (κ1) is 14.8. The Bertz CT molecular complexity index is 805. The average Bonchev–Trinajstić information content (AvgIpc) is 3.07. The molecule has 6 nitrogen and oxygen atoms in total. The predicted octanol–water partition coefficient (Wildman–Crippen LogP) is 2.75. The highest BCUT2D eigenvalue weighted by Gasteiger charge is 2.18.